The lowest BCUT2D eigenvalue weighted by Gasteiger charge is -2.42. The summed E-state index contributed by atoms with van der Waals surface area (Å²) >= 11 is 3.57. The van der Waals surface area contributed by atoms with E-state index in [4.69, 9.17) is 0 Å². The number of aliphatic hydroxyl groups is 1. The van der Waals surface area contributed by atoms with Gasteiger partial charge in [-0.05, 0) is 56.9 Å². The van der Waals surface area contributed by atoms with Crippen molar-refractivity contribution in [3.63, 3.8) is 0 Å². The molecule has 2 amide bonds. The van der Waals surface area contributed by atoms with Crippen LogP contribution in [0.4, 0.5) is 0 Å². The summed E-state index contributed by atoms with van der Waals surface area (Å²) in [5, 5.41) is 10.4. The Bertz CT molecular complexity index is 807. The Morgan fingerprint density at radius 2 is 2.03 bits per heavy atom. The first-order valence-corrected chi connectivity index (χ1v) is 11.1. The maximum atomic E-state index is 12.8. The van der Waals surface area contributed by atoms with Gasteiger partial charge in [-0.3, -0.25) is 9.59 Å². The quantitative estimate of drug-likeness (QED) is 0.253. The van der Waals surface area contributed by atoms with Gasteiger partial charge in [0.25, 0.3) is 5.91 Å². The molecule has 2 fully saturated rings. The molecule has 1 aliphatic heterocycles. The molecular formula is C23H32BrN3O3. The van der Waals surface area contributed by atoms with Crippen molar-refractivity contribution in [3.05, 3.63) is 46.3 Å². The molecule has 6 nitrogen and oxygen atoms in total. The van der Waals surface area contributed by atoms with Crippen LogP contribution in [-0.2, 0) is 9.59 Å². The third-order valence-electron chi connectivity index (χ3n) is 6.30. The topological polar surface area (TPSA) is 73.2 Å². The molecule has 1 atom stereocenters. The summed E-state index contributed by atoms with van der Waals surface area (Å²) in [5.41, 5.74) is 1.02. The third kappa shape index (κ3) is 5.12. The molecule has 1 heterocycles. The van der Waals surface area contributed by atoms with Gasteiger partial charge in [-0.15, -0.1) is 0 Å². The Balaban J connectivity index is 2.31. The monoisotopic (exact) mass is 477 g/mol. The molecule has 7 heteroatoms. The minimum absolute atomic E-state index is 0.0115. The first-order valence-electron chi connectivity index (χ1n) is 10.3. The highest BCUT2D eigenvalue weighted by atomic mass is 79.9. The Morgan fingerprint density at radius 3 is 2.60 bits per heavy atom. The van der Waals surface area contributed by atoms with Crippen LogP contribution in [0.1, 0.15) is 46.0 Å². The fraction of sp³-hybridized carbons (Fsp3) is 0.522. The van der Waals surface area contributed by atoms with Gasteiger partial charge in [0.05, 0.1) is 0 Å². The number of rotatable bonds is 7. The Labute approximate surface area is 187 Å². The highest BCUT2D eigenvalue weighted by Crippen LogP contribution is 2.47. The van der Waals surface area contributed by atoms with Crippen molar-refractivity contribution in [2.24, 2.45) is 10.4 Å². The van der Waals surface area contributed by atoms with Crippen LogP contribution in [0.25, 0.3) is 0 Å². The highest BCUT2D eigenvalue weighted by molar-refractivity contribution is 9.11. The van der Waals surface area contributed by atoms with Crippen molar-refractivity contribution in [1.29, 1.82) is 0 Å². The Morgan fingerprint density at radius 1 is 1.40 bits per heavy atom. The molecule has 164 valence electrons. The summed E-state index contributed by atoms with van der Waals surface area (Å²) in [6.07, 6.45) is 11.2. The van der Waals surface area contributed by atoms with Gasteiger partial charge < -0.3 is 14.9 Å². The van der Waals surface area contributed by atoms with Gasteiger partial charge in [-0.1, -0.05) is 47.5 Å². The van der Waals surface area contributed by atoms with E-state index in [0.717, 1.165) is 42.2 Å². The standard InChI is InChI=1S/C23H32BrN3O3/c1-6-9-18(24)14-16(2)23(10-7-8-11-23)12-13-27-15-17(3)26(5)22(30)19(27)20(28)21(29)25-4/h6,9,14,17,28H,2,4,7-8,10-13,15H2,1,3,5H3/b9-6-,18-14+,20-19+. The fourth-order valence-corrected chi connectivity index (χ4v) is 4.87. The molecule has 0 spiro atoms. The van der Waals surface area contributed by atoms with Gasteiger partial charge in [-0.2, -0.15) is 0 Å². The average Bonchev–Trinajstić information content (AvgIpc) is 3.20. The summed E-state index contributed by atoms with van der Waals surface area (Å²) in [6.45, 7) is 12.5. The zero-order valence-corrected chi connectivity index (χ0v) is 19.7. The van der Waals surface area contributed by atoms with Crippen molar-refractivity contribution in [1.82, 2.24) is 9.80 Å². The molecular weight excluding hydrogens is 446 g/mol. The first-order chi connectivity index (χ1) is 14.2. The molecule has 0 aromatic heterocycles. The molecule has 2 aliphatic rings. The van der Waals surface area contributed by atoms with E-state index in [1.165, 1.54) is 0 Å². The number of carbonyl (C=O) groups is 2. The zero-order chi connectivity index (χ0) is 22.5. The second-order valence-electron chi connectivity index (χ2n) is 8.16. The van der Waals surface area contributed by atoms with Gasteiger partial charge in [0.15, 0.2) is 5.70 Å². The van der Waals surface area contributed by atoms with Crippen LogP contribution in [0.2, 0.25) is 0 Å². The molecule has 1 unspecified atom stereocenters. The number of halogens is 1. The number of carbonyl (C=O) groups excluding carboxylic acids is 2. The van der Waals surface area contributed by atoms with Crippen molar-refractivity contribution in [3.8, 4) is 0 Å². The molecule has 0 aromatic carbocycles. The summed E-state index contributed by atoms with van der Waals surface area (Å²) < 4.78 is 0.977. The summed E-state index contributed by atoms with van der Waals surface area (Å²) in [5.74, 6) is -1.90. The van der Waals surface area contributed by atoms with E-state index in [-0.39, 0.29) is 23.1 Å². The number of aliphatic imine (C=N–C) groups is 1. The van der Waals surface area contributed by atoms with Crippen LogP contribution < -0.4 is 0 Å². The minimum atomic E-state index is -0.885. The number of likely N-dealkylation sites (N-methyl/N-ethyl adjacent to an activating group) is 1. The van der Waals surface area contributed by atoms with E-state index in [9.17, 15) is 14.7 Å². The van der Waals surface area contributed by atoms with Gasteiger partial charge in [0, 0.05) is 30.7 Å². The smallest absolute Gasteiger partial charge is 0.313 e. The fourth-order valence-electron chi connectivity index (χ4n) is 4.32. The molecule has 1 N–H and O–H groups in total. The minimum Gasteiger partial charge on any atom is -0.501 e. The maximum absolute atomic E-state index is 12.8. The number of aliphatic hydroxyl groups excluding tert-OH is 1. The Hall–Kier alpha value is -2.15. The SMILES string of the molecule is C=NC(=O)/C(O)=C1/C(=O)N(C)C(C)CN1CCC1(C(=C)/C=C(Br)\C=C/C)CCCC1. The number of hydrogen-bond donors (Lipinski definition) is 1. The van der Waals surface area contributed by atoms with Crippen molar-refractivity contribution in [2.75, 3.05) is 20.1 Å². The first kappa shape index (κ1) is 24.1. The summed E-state index contributed by atoms with van der Waals surface area (Å²) in [4.78, 5) is 31.4. The van der Waals surface area contributed by atoms with E-state index >= 15 is 0 Å². The van der Waals surface area contributed by atoms with Crippen LogP contribution in [0.3, 0.4) is 0 Å². The Kier molecular flexibility index (Phi) is 8.24. The predicted octanol–water partition coefficient (Wildman–Crippen LogP) is 4.51. The van der Waals surface area contributed by atoms with E-state index in [2.05, 4.69) is 40.3 Å². The molecule has 0 bridgehead atoms. The normalized spacial score (nSPS) is 23.8. The van der Waals surface area contributed by atoms with Crippen molar-refractivity contribution >= 4 is 34.5 Å². The second kappa shape index (κ2) is 10.2. The largest absolute Gasteiger partial charge is 0.501 e. The van der Waals surface area contributed by atoms with Gasteiger partial charge in [0.2, 0.25) is 5.76 Å². The number of hydrogen-bond acceptors (Lipinski definition) is 4. The van der Waals surface area contributed by atoms with Crippen LogP contribution in [-0.4, -0.2) is 59.6 Å². The van der Waals surface area contributed by atoms with Gasteiger partial charge in [0.1, 0.15) is 0 Å². The van der Waals surface area contributed by atoms with Crippen molar-refractivity contribution < 1.29 is 14.7 Å². The number of allylic oxidation sites excluding steroid dienone is 5. The molecule has 0 radical (unpaired) electrons. The predicted molar refractivity (Wildman–Crippen MR) is 124 cm³/mol. The van der Waals surface area contributed by atoms with Crippen LogP contribution in [0.15, 0.2) is 51.3 Å². The number of nitrogens with zero attached hydrogens (tertiary/aromatic N) is 3. The molecule has 2 rings (SSSR count). The molecule has 30 heavy (non-hydrogen) atoms. The van der Waals surface area contributed by atoms with Gasteiger partial charge in [-0.25, -0.2) is 4.99 Å². The van der Waals surface area contributed by atoms with Crippen LogP contribution >= 0.6 is 15.9 Å². The van der Waals surface area contributed by atoms with Crippen molar-refractivity contribution in [2.45, 2.75) is 52.0 Å². The highest BCUT2D eigenvalue weighted by Gasteiger charge is 2.39. The lowest BCUT2D eigenvalue weighted by molar-refractivity contribution is -0.134. The lowest BCUT2D eigenvalue weighted by atomic mass is 9.76. The molecule has 1 aliphatic carbocycles. The van der Waals surface area contributed by atoms with E-state index in [1.54, 1.807) is 11.9 Å². The van der Waals surface area contributed by atoms with Gasteiger partial charge >= 0.3 is 5.91 Å². The van der Waals surface area contributed by atoms with Crippen LogP contribution in [0, 0.1) is 5.41 Å². The maximum Gasteiger partial charge on any atom is 0.313 e. The third-order valence-corrected chi connectivity index (χ3v) is 6.79. The zero-order valence-electron chi connectivity index (χ0n) is 18.2. The summed E-state index contributed by atoms with van der Waals surface area (Å²) in [6, 6.07) is -0.0349. The lowest BCUT2D eigenvalue weighted by Crippen LogP contribution is -2.53. The van der Waals surface area contributed by atoms with E-state index in [0.29, 0.717) is 13.1 Å². The number of piperazine rings is 1. The molecule has 1 saturated heterocycles. The van der Waals surface area contributed by atoms with E-state index in [1.807, 2.05) is 30.9 Å². The second-order valence-corrected chi connectivity index (χ2v) is 9.08. The van der Waals surface area contributed by atoms with Crippen LogP contribution in [0.5, 0.6) is 0 Å². The summed E-state index contributed by atoms with van der Waals surface area (Å²) in [7, 11) is 1.67. The number of amides is 2. The molecule has 1 saturated carbocycles. The van der Waals surface area contributed by atoms with E-state index < -0.39 is 11.7 Å². The molecule has 0 aromatic rings. The average molecular weight is 478 g/mol.